The van der Waals surface area contributed by atoms with Gasteiger partial charge >= 0.3 is 0 Å². The molecule has 1 unspecified atom stereocenters. The molecule has 0 N–H and O–H groups in total. The topological polar surface area (TPSA) is 32.8 Å². The zero-order chi connectivity index (χ0) is 9.84. The van der Waals surface area contributed by atoms with Gasteiger partial charge in [-0.1, -0.05) is 0 Å². The summed E-state index contributed by atoms with van der Waals surface area (Å²) < 4.78 is 4.98. The molecule has 1 aliphatic heterocycles. The Balaban J connectivity index is 2.39. The number of likely N-dealkylation sites (N-methyl/N-ethyl adjacent to an activating group) is 1. The monoisotopic (exact) mass is 186 g/mol. The van der Waals surface area contributed by atoms with Crippen molar-refractivity contribution >= 4 is 5.91 Å². The van der Waals surface area contributed by atoms with Crippen molar-refractivity contribution < 1.29 is 9.53 Å². The Morgan fingerprint density at radius 3 is 2.85 bits per heavy atom. The van der Waals surface area contributed by atoms with Gasteiger partial charge in [0, 0.05) is 33.3 Å². The summed E-state index contributed by atoms with van der Waals surface area (Å²) in [5, 5.41) is 0. The summed E-state index contributed by atoms with van der Waals surface area (Å²) in [6.45, 7) is 5.09. The second kappa shape index (κ2) is 4.58. The number of amides is 1. The van der Waals surface area contributed by atoms with Gasteiger partial charge < -0.3 is 9.64 Å². The Kier molecular flexibility index (Phi) is 3.69. The largest absolute Gasteiger partial charge is 0.383 e. The van der Waals surface area contributed by atoms with E-state index < -0.39 is 0 Å². The molecule has 0 bridgehead atoms. The highest BCUT2D eigenvalue weighted by Crippen LogP contribution is 2.07. The van der Waals surface area contributed by atoms with Crippen molar-refractivity contribution in [3.63, 3.8) is 0 Å². The average molecular weight is 186 g/mol. The van der Waals surface area contributed by atoms with Gasteiger partial charge in [0.15, 0.2) is 0 Å². The normalized spacial score (nSPS) is 25.3. The Morgan fingerprint density at radius 2 is 2.31 bits per heavy atom. The molecule has 13 heavy (non-hydrogen) atoms. The molecular formula is C9H18N2O2. The van der Waals surface area contributed by atoms with E-state index in [0.717, 1.165) is 13.1 Å². The van der Waals surface area contributed by atoms with E-state index >= 15 is 0 Å². The molecule has 0 radical (unpaired) electrons. The van der Waals surface area contributed by atoms with E-state index in [1.165, 1.54) is 0 Å². The maximum atomic E-state index is 11.4. The van der Waals surface area contributed by atoms with Crippen LogP contribution >= 0.6 is 0 Å². The van der Waals surface area contributed by atoms with Gasteiger partial charge in [-0.2, -0.15) is 0 Å². The lowest BCUT2D eigenvalue weighted by Gasteiger charge is -2.37. The van der Waals surface area contributed by atoms with Crippen molar-refractivity contribution in [2.24, 2.45) is 0 Å². The Hall–Kier alpha value is -0.610. The molecule has 76 valence electrons. The molecule has 1 amide bonds. The lowest BCUT2D eigenvalue weighted by molar-refractivity contribution is -0.137. The SMILES string of the molecule is COCCN1CC(=O)N(C)C(C)C1. The van der Waals surface area contributed by atoms with Gasteiger partial charge in [0.1, 0.15) is 0 Å². The van der Waals surface area contributed by atoms with Crippen LogP contribution < -0.4 is 0 Å². The van der Waals surface area contributed by atoms with E-state index in [2.05, 4.69) is 11.8 Å². The highest BCUT2D eigenvalue weighted by Gasteiger charge is 2.26. The van der Waals surface area contributed by atoms with Crippen LogP contribution in [0.15, 0.2) is 0 Å². The molecule has 1 heterocycles. The van der Waals surface area contributed by atoms with Crippen LogP contribution in [0.2, 0.25) is 0 Å². The summed E-state index contributed by atoms with van der Waals surface area (Å²) >= 11 is 0. The third kappa shape index (κ3) is 2.67. The molecule has 4 heteroatoms. The number of rotatable bonds is 3. The van der Waals surface area contributed by atoms with Crippen LogP contribution in [-0.4, -0.2) is 62.1 Å². The average Bonchev–Trinajstić information content (AvgIpc) is 2.10. The van der Waals surface area contributed by atoms with Crippen LogP contribution in [0.3, 0.4) is 0 Å². The summed E-state index contributed by atoms with van der Waals surface area (Å²) in [6, 6.07) is 0.318. The van der Waals surface area contributed by atoms with Crippen molar-refractivity contribution in [1.82, 2.24) is 9.80 Å². The lowest BCUT2D eigenvalue weighted by atomic mass is 10.2. The van der Waals surface area contributed by atoms with E-state index in [-0.39, 0.29) is 5.91 Å². The van der Waals surface area contributed by atoms with Gasteiger partial charge in [-0.25, -0.2) is 0 Å². The Labute approximate surface area is 79.4 Å². The zero-order valence-electron chi connectivity index (χ0n) is 8.62. The second-order valence-corrected chi connectivity index (χ2v) is 3.58. The summed E-state index contributed by atoms with van der Waals surface area (Å²) in [5.41, 5.74) is 0. The number of hydrogen-bond acceptors (Lipinski definition) is 3. The quantitative estimate of drug-likeness (QED) is 0.611. The number of hydrogen-bond donors (Lipinski definition) is 0. The van der Waals surface area contributed by atoms with Gasteiger partial charge in [0.25, 0.3) is 0 Å². The van der Waals surface area contributed by atoms with Gasteiger partial charge in [-0.3, -0.25) is 9.69 Å². The summed E-state index contributed by atoms with van der Waals surface area (Å²) in [7, 11) is 3.54. The minimum absolute atomic E-state index is 0.204. The molecule has 4 nitrogen and oxygen atoms in total. The predicted octanol–water partition coefficient (Wildman–Crippen LogP) is -0.205. The molecule has 1 rings (SSSR count). The number of piperazine rings is 1. The zero-order valence-corrected chi connectivity index (χ0v) is 8.62. The molecule has 0 saturated carbocycles. The Bertz CT molecular complexity index is 184. The highest BCUT2D eigenvalue weighted by molar-refractivity contribution is 5.79. The summed E-state index contributed by atoms with van der Waals surface area (Å²) in [6.07, 6.45) is 0. The number of ether oxygens (including phenoxy) is 1. The van der Waals surface area contributed by atoms with Crippen LogP contribution in [-0.2, 0) is 9.53 Å². The van der Waals surface area contributed by atoms with Crippen LogP contribution in [0, 0.1) is 0 Å². The maximum Gasteiger partial charge on any atom is 0.236 e. The standard InChI is InChI=1S/C9H18N2O2/c1-8-6-11(4-5-13-3)7-9(12)10(8)2/h8H,4-7H2,1-3H3. The fraction of sp³-hybridized carbons (Fsp3) is 0.889. The lowest BCUT2D eigenvalue weighted by Crippen LogP contribution is -2.54. The number of carbonyl (C=O) groups is 1. The number of nitrogens with zero attached hydrogens (tertiary/aromatic N) is 2. The first-order valence-electron chi connectivity index (χ1n) is 4.62. The van der Waals surface area contributed by atoms with Gasteiger partial charge in [0.2, 0.25) is 5.91 Å². The van der Waals surface area contributed by atoms with Gasteiger partial charge in [0.05, 0.1) is 13.2 Å². The molecule has 0 aromatic carbocycles. The molecule has 0 aromatic heterocycles. The van der Waals surface area contributed by atoms with Gasteiger partial charge in [-0.15, -0.1) is 0 Å². The van der Waals surface area contributed by atoms with E-state index in [9.17, 15) is 4.79 Å². The minimum atomic E-state index is 0.204. The van der Waals surface area contributed by atoms with Crippen molar-refractivity contribution in [2.75, 3.05) is 40.4 Å². The van der Waals surface area contributed by atoms with Crippen molar-refractivity contribution in [1.29, 1.82) is 0 Å². The van der Waals surface area contributed by atoms with E-state index in [4.69, 9.17) is 4.74 Å². The molecular weight excluding hydrogens is 168 g/mol. The van der Waals surface area contributed by atoms with Crippen molar-refractivity contribution in [2.45, 2.75) is 13.0 Å². The van der Waals surface area contributed by atoms with Crippen LogP contribution in [0.25, 0.3) is 0 Å². The molecule has 0 spiro atoms. The maximum absolute atomic E-state index is 11.4. The third-order valence-electron chi connectivity index (χ3n) is 2.55. The van der Waals surface area contributed by atoms with Crippen molar-refractivity contribution in [3.05, 3.63) is 0 Å². The second-order valence-electron chi connectivity index (χ2n) is 3.58. The van der Waals surface area contributed by atoms with E-state index in [1.54, 1.807) is 7.11 Å². The Morgan fingerprint density at radius 1 is 1.62 bits per heavy atom. The molecule has 1 atom stereocenters. The molecule has 0 aliphatic carbocycles. The van der Waals surface area contributed by atoms with Gasteiger partial charge in [-0.05, 0) is 6.92 Å². The number of methoxy groups -OCH3 is 1. The first kappa shape index (κ1) is 10.5. The minimum Gasteiger partial charge on any atom is -0.383 e. The first-order valence-corrected chi connectivity index (χ1v) is 4.62. The smallest absolute Gasteiger partial charge is 0.236 e. The van der Waals surface area contributed by atoms with E-state index in [0.29, 0.717) is 19.2 Å². The number of carbonyl (C=O) groups excluding carboxylic acids is 1. The summed E-state index contributed by atoms with van der Waals surface area (Å²) in [5.74, 6) is 0.204. The fourth-order valence-electron chi connectivity index (χ4n) is 1.50. The van der Waals surface area contributed by atoms with E-state index in [1.807, 2.05) is 11.9 Å². The summed E-state index contributed by atoms with van der Waals surface area (Å²) in [4.78, 5) is 15.4. The van der Waals surface area contributed by atoms with Crippen LogP contribution in [0.4, 0.5) is 0 Å². The first-order chi connectivity index (χ1) is 6.15. The van der Waals surface area contributed by atoms with Crippen LogP contribution in [0.1, 0.15) is 6.92 Å². The van der Waals surface area contributed by atoms with Crippen LogP contribution in [0.5, 0.6) is 0 Å². The predicted molar refractivity (Wildman–Crippen MR) is 50.5 cm³/mol. The fourth-order valence-corrected chi connectivity index (χ4v) is 1.50. The van der Waals surface area contributed by atoms with Crippen molar-refractivity contribution in [3.8, 4) is 0 Å². The third-order valence-corrected chi connectivity index (χ3v) is 2.55. The highest BCUT2D eigenvalue weighted by atomic mass is 16.5. The molecule has 1 aliphatic rings. The molecule has 1 saturated heterocycles. The molecule has 1 fully saturated rings. The molecule has 0 aromatic rings.